The van der Waals surface area contributed by atoms with E-state index in [0.29, 0.717) is 0 Å². The van der Waals surface area contributed by atoms with Gasteiger partial charge in [-0.25, -0.2) is 9.79 Å². The van der Waals surface area contributed by atoms with Gasteiger partial charge in [-0.2, -0.15) is 0 Å². The van der Waals surface area contributed by atoms with Crippen LogP contribution in [-0.2, 0) is 4.74 Å². The van der Waals surface area contributed by atoms with Crippen molar-refractivity contribution in [3.63, 3.8) is 0 Å². The van der Waals surface area contributed by atoms with Crippen LogP contribution in [0.15, 0.2) is 22.5 Å². The molecule has 3 atom stereocenters. The monoisotopic (exact) mass is 551 g/mol. The highest BCUT2D eigenvalue weighted by Crippen LogP contribution is 2.44. The molecule has 39 heavy (non-hydrogen) atoms. The van der Waals surface area contributed by atoms with Gasteiger partial charge >= 0.3 is 6.03 Å². The summed E-state index contributed by atoms with van der Waals surface area (Å²) < 4.78 is 8.60. The van der Waals surface area contributed by atoms with Crippen LogP contribution < -0.4 is 16.0 Å². The molecule has 7 nitrogen and oxygen atoms in total. The highest BCUT2D eigenvalue weighted by atomic mass is 32.2. The van der Waals surface area contributed by atoms with E-state index in [1.807, 2.05) is 12.1 Å². The van der Waals surface area contributed by atoms with Crippen LogP contribution in [-0.4, -0.2) is 59.5 Å². The van der Waals surface area contributed by atoms with Gasteiger partial charge in [0.1, 0.15) is 11.9 Å². The van der Waals surface area contributed by atoms with Gasteiger partial charge in [-0.3, -0.25) is 9.21 Å². The van der Waals surface area contributed by atoms with E-state index >= 15 is 0 Å². The van der Waals surface area contributed by atoms with Crippen molar-refractivity contribution in [2.24, 2.45) is 10.7 Å². The summed E-state index contributed by atoms with van der Waals surface area (Å²) in [5.74, 6) is 7.72. The number of piperidine rings is 1. The van der Waals surface area contributed by atoms with E-state index in [1.165, 1.54) is 23.3 Å². The van der Waals surface area contributed by atoms with E-state index in [4.69, 9.17) is 15.5 Å². The molecule has 0 bridgehead atoms. The van der Waals surface area contributed by atoms with E-state index in [9.17, 15) is 4.79 Å². The number of rotatable bonds is 9. The van der Waals surface area contributed by atoms with Gasteiger partial charge in [0.25, 0.3) is 0 Å². The van der Waals surface area contributed by atoms with Crippen molar-refractivity contribution in [3.05, 3.63) is 34.2 Å². The maximum atomic E-state index is 11.6. The lowest BCUT2D eigenvalue weighted by Crippen LogP contribution is -2.60. The summed E-state index contributed by atoms with van der Waals surface area (Å²) in [5, 5.41) is 8.45. The number of nitrogens with one attached hydrogen (secondary N) is 1. The molecule has 8 heteroatoms. The predicted molar refractivity (Wildman–Crippen MR) is 166 cm³/mol. The molecule has 0 radical (unpaired) electrons. The fourth-order valence-corrected chi connectivity index (χ4v) is 7.06. The summed E-state index contributed by atoms with van der Waals surface area (Å²) in [6, 6.07) is 3.59. The Kier molecular flexibility index (Phi) is 9.92. The van der Waals surface area contributed by atoms with Crippen LogP contribution in [0, 0.1) is 25.7 Å². The highest BCUT2D eigenvalue weighted by Gasteiger charge is 2.58. The Labute approximate surface area is 237 Å². The summed E-state index contributed by atoms with van der Waals surface area (Å²) in [6.45, 7) is 10.6. The number of nitrogens with zero attached hydrogens (tertiary/aromatic N) is 3. The van der Waals surface area contributed by atoms with Gasteiger partial charge in [-0.05, 0) is 92.1 Å². The molecule has 0 aliphatic carbocycles. The fraction of sp³-hybridized carbons (Fsp3) is 0.581. The molecule has 0 saturated carbocycles. The number of ether oxygens (including phenoxy) is 1. The van der Waals surface area contributed by atoms with Gasteiger partial charge in [0, 0.05) is 45.1 Å². The second kappa shape index (κ2) is 13.2. The van der Waals surface area contributed by atoms with Crippen LogP contribution in [0.1, 0.15) is 81.9 Å². The molecule has 3 N–H and O–H groups in total. The molecular weight excluding hydrogens is 506 g/mol. The zero-order chi connectivity index (χ0) is 28.0. The molecule has 3 aliphatic rings. The smallest absolute Gasteiger partial charge is 0.318 e. The van der Waals surface area contributed by atoms with E-state index < -0.39 is 6.03 Å². The molecule has 3 heterocycles. The number of unbranched alkanes of at least 4 members (excludes halogenated alkanes) is 3. The van der Waals surface area contributed by atoms with Crippen molar-refractivity contribution in [2.45, 2.75) is 96.9 Å². The zero-order valence-electron chi connectivity index (χ0n) is 24.3. The molecular formula is C31H45N5O2S. The van der Waals surface area contributed by atoms with Gasteiger partial charge < -0.3 is 15.8 Å². The van der Waals surface area contributed by atoms with Crippen LogP contribution in [0.4, 0.5) is 10.5 Å². The molecule has 3 unspecified atom stereocenters. The normalized spacial score (nSPS) is 22.5. The SMILES string of the molecule is C/C=S(/C=C/c1c(C)cc(N(C)C(N)=O)cc1C)N1CCC2(CC1)NC(CCCC#CCCCC)=NC1OC12. The van der Waals surface area contributed by atoms with Gasteiger partial charge in [-0.15, -0.1) is 11.8 Å². The molecule has 2 fully saturated rings. The average molecular weight is 552 g/mol. The Hall–Kier alpha value is -2.60. The lowest BCUT2D eigenvalue weighted by atomic mass is 9.83. The third-order valence-corrected chi connectivity index (χ3v) is 9.87. The Morgan fingerprint density at radius 2 is 1.92 bits per heavy atom. The van der Waals surface area contributed by atoms with Crippen molar-refractivity contribution in [1.82, 2.24) is 9.62 Å². The van der Waals surface area contributed by atoms with Gasteiger partial charge in [-0.1, -0.05) is 24.0 Å². The number of aryl methyl sites for hydroxylation is 2. The maximum absolute atomic E-state index is 11.6. The second-order valence-electron chi connectivity index (χ2n) is 10.8. The summed E-state index contributed by atoms with van der Waals surface area (Å²) in [4.78, 5) is 17.9. The number of carbonyl (C=O) groups excluding carboxylic acids is 1. The summed E-state index contributed by atoms with van der Waals surface area (Å²) in [7, 11) is 1.64. The van der Waals surface area contributed by atoms with Crippen molar-refractivity contribution < 1.29 is 9.53 Å². The number of amides is 2. The Bertz CT molecular complexity index is 1180. The molecule has 1 spiro atoms. The van der Waals surface area contributed by atoms with Crippen LogP contribution in [0.25, 0.3) is 6.08 Å². The topological polar surface area (TPSA) is 86.5 Å². The van der Waals surface area contributed by atoms with E-state index in [-0.39, 0.29) is 28.5 Å². The summed E-state index contributed by atoms with van der Waals surface area (Å²) in [5.41, 5.74) is 9.75. The number of anilines is 1. The minimum atomic E-state index is -0.456. The van der Waals surface area contributed by atoms with E-state index in [2.05, 4.69) is 66.0 Å². The van der Waals surface area contributed by atoms with Gasteiger partial charge in [0.2, 0.25) is 0 Å². The van der Waals surface area contributed by atoms with Gasteiger partial charge in [0.05, 0.1) is 5.54 Å². The summed E-state index contributed by atoms with van der Waals surface area (Å²) in [6.07, 6.45) is 10.9. The number of primary amides is 1. The van der Waals surface area contributed by atoms with E-state index in [1.54, 1.807) is 7.05 Å². The largest absolute Gasteiger partial charge is 0.365 e. The van der Waals surface area contributed by atoms with E-state index in [0.717, 1.165) is 74.3 Å². The number of benzene rings is 1. The fourth-order valence-electron chi connectivity index (χ4n) is 5.56. The first-order valence-corrected chi connectivity index (χ1v) is 15.6. The molecule has 2 saturated heterocycles. The maximum Gasteiger partial charge on any atom is 0.318 e. The first kappa shape index (κ1) is 29.4. The Balaban J connectivity index is 1.34. The number of fused-ring (bicyclic) bond motifs is 2. The first-order valence-electron chi connectivity index (χ1n) is 14.3. The molecule has 4 rings (SSSR count). The number of urea groups is 1. The molecule has 2 amide bonds. The van der Waals surface area contributed by atoms with Crippen molar-refractivity contribution in [1.29, 1.82) is 0 Å². The predicted octanol–water partition coefficient (Wildman–Crippen LogP) is 5.72. The molecule has 1 aromatic rings. The lowest BCUT2D eigenvalue weighted by Gasteiger charge is -2.44. The third-order valence-electron chi connectivity index (χ3n) is 8.01. The van der Waals surface area contributed by atoms with Crippen molar-refractivity contribution >= 4 is 39.7 Å². The van der Waals surface area contributed by atoms with Crippen molar-refractivity contribution in [2.75, 3.05) is 25.0 Å². The zero-order valence-corrected chi connectivity index (χ0v) is 25.1. The number of epoxide rings is 1. The van der Waals surface area contributed by atoms with Crippen molar-refractivity contribution in [3.8, 4) is 11.8 Å². The molecule has 0 aromatic heterocycles. The summed E-state index contributed by atoms with van der Waals surface area (Å²) >= 11 is 0. The standard InChI is InChI=1S/C31H45N5O2S/c1-6-8-9-10-11-12-13-14-27-33-29-28(38-29)31(34-27)16-18-36(19-17-31)39(7-2)20-15-26-23(3)21-25(22-24(26)4)35(5)30(32)37/h7,15,20-22,28-29H,6,8-9,12-14,16-19H2,1-5H3,(H2,32,37)(H,33,34)/b20-15+. The number of aliphatic imine (C=N–C) groups is 1. The lowest BCUT2D eigenvalue weighted by molar-refractivity contribution is 0.175. The Morgan fingerprint density at radius 3 is 2.54 bits per heavy atom. The molecule has 1 aromatic carbocycles. The molecule has 212 valence electrons. The third kappa shape index (κ3) is 7.13. The number of amidine groups is 1. The highest BCUT2D eigenvalue weighted by molar-refractivity contribution is 8.15. The minimum Gasteiger partial charge on any atom is -0.365 e. The number of hydrogen-bond acceptors (Lipinski definition) is 5. The van der Waals surface area contributed by atoms with Gasteiger partial charge in [0.15, 0.2) is 6.23 Å². The quantitative estimate of drug-likeness (QED) is 0.178. The van der Waals surface area contributed by atoms with Crippen LogP contribution >= 0.6 is 10.7 Å². The number of hydrogen-bond donors (Lipinski definition) is 2. The Morgan fingerprint density at radius 1 is 1.26 bits per heavy atom. The van der Waals surface area contributed by atoms with Crippen LogP contribution in [0.5, 0.6) is 0 Å². The second-order valence-corrected chi connectivity index (χ2v) is 12.8. The van der Waals surface area contributed by atoms with Crippen LogP contribution in [0.2, 0.25) is 0 Å². The number of nitrogens with two attached hydrogens (primary N) is 1. The molecule has 3 aliphatic heterocycles. The first-order chi connectivity index (χ1) is 18.8. The minimum absolute atomic E-state index is 0.00694. The average Bonchev–Trinajstić information content (AvgIpc) is 3.71. The number of carbonyl (C=O) groups is 1. The van der Waals surface area contributed by atoms with Crippen LogP contribution in [0.3, 0.4) is 0 Å².